The number of halogens is 4. The van der Waals surface area contributed by atoms with Crippen molar-refractivity contribution in [3.8, 4) is 0 Å². The summed E-state index contributed by atoms with van der Waals surface area (Å²) in [4.78, 5) is 16.4. The van der Waals surface area contributed by atoms with E-state index in [1.165, 1.54) is 12.1 Å². The van der Waals surface area contributed by atoms with Gasteiger partial charge in [0.05, 0.1) is 5.56 Å². The summed E-state index contributed by atoms with van der Waals surface area (Å²) >= 11 is 6.18. The molecule has 1 aliphatic heterocycles. The number of benzene rings is 2. The Morgan fingerprint density at radius 1 is 0.962 bits per heavy atom. The number of carbonyl (C=O) groups excluding carboxylic acids is 1. The lowest BCUT2D eigenvalue weighted by molar-refractivity contribution is -0.137. The zero-order valence-electron chi connectivity index (χ0n) is 14.0. The Bertz CT molecular complexity index is 769. The first-order valence-corrected chi connectivity index (χ1v) is 8.65. The van der Waals surface area contributed by atoms with Crippen molar-refractivity contribution in [3.05, 3.63) is 70.2 Å². The third-order valence-electron chi connectivity index (χ3n) is 4.47. The van der Waals surface area contributed by atoms with Gasteiger partial charge in [0.1, 0.15) is 0 Å². The topological polar surface area (TPSA) is 23.6 Å². The van der Waals surface area contributed by atoms with Crippen molar-refractivity contribution >= 4 is 17.5 Å². The molecule has 2 aromatic rings. The highest BCUT2D eigenvalue weighted by atomic mass is 35.5. The molecular weight excluding hydrogens is 365 g/mol. The normalized spacial score (nSPS) is 15.9. The first-order chi connectivity index (χ1) is 12.3. The molecule has 1 fully saturated rings. The Labute approximate surface area is 155 Å². The number of alkyl halides is 3. The van der Waals surface area contributed by atoms with Gasteiger partial charge in [-0.2, -0.15) is 13.2 Å². The smallest absolute Gasteiger partial charge is 0.336 e. The molecule has 3 nitrogen and oxygen atoms in total. The van der Waals surface area contributed by atoms with E-state index in [1.54, 1.807) is 4.90 Å². The lowest BCUT2D eigenvalue weighted by atomic mass is 10.1. The highest BCUT2D eigenvalue weighted by molar-refractivity contribution is 6.31. The summed E-state index contributed by atoms with van der Waals surface area (Å²) < 4.78 is 37.8. The molecule has 0 atom stereocenters. The summed E-state index contributed by atoms with van der Waals surface area (Å²) in [6, 6.07) is 12.0. The fourth-order valence-electron chi connectivity index (χ4n) is 2.96. The second-order valence-electron chi connectivity index (χ2n) is 6.23. The first-order valence-electron chi connectivity index (χ1n) is 8.27. The molecule has 0 bridgehead atoms. The zero-order chi connectivity index (χ0) is 18.7. The van der Waals surface area contributed by atoms with Gasteiger partial charge < -0.3 is 4.90 Å². The summed E-state index contributed by atoms with van der Waals surface area (Å²) in [7, 11) is 0. The molecule has 3 rings (SSSR count). The zero-order valence-corrected chi connectivity index (χ0v) is 14.7. The Hall–Kier alpha value is -2.05. The predicted molar refractivity (Wildman–Crippen MR) is 94.1 cm³/mol. The summed E-state index contributed by atoms with van der Waals surface area (Å²) in [5.74, 6) is -0.240. The third-order valence-corrected chi connectivity index (χ3v) is 4.84. The molecule has 1 amide bonds. The van der Waals surface area contributed by atoms with Gasteiger partial charge in [-0.05, 0) is 35.9 Å². The van der Waals surface area contributed by atoms with Gasteiger partial charge in [0, 0.05) is 43.3 Å². The van der Waals surface area contributed by atoms with Gasteiger partial charge in [-0.25, -0.2) is 0 Å². The minimum absolute atomic E-state index is 0.240. The van der Waals surface area contributed by atoms with E-state index in [2.05, 4.69) is 4.90 Å². The summed E-state index contributed by atoms with van der Waals surface area (Å²) in [5.41, 5.74) is 0.563. The van der Waals surface area contributed by atoms with Gasteiger partial charge in [0.15, 0.2) is 0 Å². The second-order valence-corrected chi connectivity index (χ2v) is 6.64. The fraction of sp³-hybridized carbons (Fsp3) is 0.316. The number of nitrogens with zero attached hydrogens (tertiary/aromatic N) is 2. The molecule has 138 valence electrons. The Morgan fingerprint density at radius 3 is 2.15 bits per heavy atom. The van der Waals surface area contributed by atoms with Crippen LogP contribution in [0.3, 0.4) is 0 Å². The molecule has 2 aromatic carbocycles. The Kier molecular flexibility index (Phi) is 5.53. The summed E-state index contributed by atoms with van der Waals surface area (Å²) in [5, 5.41) is 0.718. The minimum Gasteiger partial charge on any atom is -0.336 e. The highest BCUT2D eigenvalue weighted by Crippen LogP contribution is 2.29. The van der Waals surface area contributed by atoms with Crippen molar-refractivity contribution in [3.63, 3.8) is 0 Å². The lowest BCUT2D eigenvalue weighted by Gasteiger charge is -2.35. The molecule has 26 heavy (non-hydrogen) atoms. The molecule has 1 heterocycles. The molecule has 0 radical (unpaired) electrons. The Balaban J connectivity index is 1.57. The molecule has 0 unspecified atom stereocenters. The molecule has 0 aromatic heterocycles. The van der Waals surface area contributed by atoms with E-state index in [1.807, 2.05) is 24.3 Å². The lowest BCUT2D eigenvalue weighted by Crippen LogP contribution is -2.48. The molecule has 1 aliphatic rings. The van der Waals surface area contributed by atoms with E-state index in [4.69, 9.17) is 11.6 Å². The van der Waals surface area contributed by atoms with E-state index in [9.17, 15) is 18.0 Å². The highest BCUT2D eigenvalue weighted by Gasteiger charge is 2.30. The number of carbonyl (C=O) groups is 1. The summed E-state index contributed by atoms with van der Waals surface area (Å²) in [6.07, 6.45) is -4.40. The van der Waals surface area contributed by atoms with Gasteiger partial charge in [0.25, 0.3) is 5.91 Å². The van der Waals surface area contributed by atoms with Crippen LogP contribution in [0.4, 0.5) is 13.2 Å². The average molecular weight is 383 g/mol. The number of hydrogen-bond donors (Lipinski definition) is 0. The molecule has 7 heteroatoms. The van der Waals surface area contributed by atoms with Gasteiger partial charge in [-0.1, -0.05) is 29.8 Å². The quantitative estimate of drug-likeness (QED) is 0.789. The van der Waals surface area contributed by atoms with Crippen molar-refractivity contribution in [2.75, 3.05) is 26.2 Å². The summed E-state index contributed by atoms with van der Waals surface area (Å²) in [6.45, 7) is 3.16. The minimum atomic E-state index is -4.40. The number of amides is 1. The van der Waals surface area contributed by atoms with Crippen LogP contribution in [0.5, 0.6) is 0 Å². The molecule has 0 N–H and O–H groups in total. The molecular formula is C19H18ClF3N2O. The van der Waals surface area contributed by atoms with Gasteiger partial charge in [-0.15, -0.1) is 0 Å². The van der Waals surface area contributed by atoms with Crippen LogP contribution in [0.25, 0.3) is 0 Å². The maximum absolute atomic E-state index is 12.6. The van der Waals surface area contributed by atoms with Gasteiger partial charge in [-0.3, -0.25) is 9.69 Å². The van der Waals surface area contributed by atoms with Crippen LogP contribution in [0, 0.1) is 0 Å². The van der Waals surface area contributed by atoms with Crippen LogP contribution in [0.2, 0.25) is 5.02 Å². The van der Waals surface area contributed by atoms with Crippen molar-refractivity contribution < 1.29 is 18.0 Å². The largest absolute Gasteiger partial charge is 0.416 e. The Morgan fingerprint density at radius 2 is 1.58 bits per heavy atom. The second kappa shape index (κ2) is 7.68. The van der Waals surface area contributed by atoms with Crippen molar-refractivity contribution in [2.45, 2.75) is 12.7 Å². The van der Waals surface area contributed by atoms with Gasteiger partial charge in [0.2, 0.25) is 0 Å². The fourth-order valence-corrected chi connectivity index (χ4v) is 3.16. The average Bonchev–Trinajstić information content (AvgIpc) is 2.63. The first kappa shape index (κ1) is 18.7. The van der Waals surface area contributed by atoms with Crippen LogP contribution in [0.1, 0.15) is 21.5 Å². The van der Waals surface area contributed by atoms with Gasteiger partial charge >= 0.3 is 6.18 Å². The predicted octanol–water partition coefficient (Wildman–Crippen LogP) is 4.32. The SMILES string of the molecule is O=C(c1ccc(C(F)(F)F)cc1)N1CCN(Cc2ccccc2Cl)CC1. The van der Waals surface area contributed by atoms with Crippen LogP contribution in [-0.4, -0.2) is 41.9 Å². The van der Waals surface area contributed by atoms with E-state index in [0.29, 0.717) is 32.7 Å². The number of piperazine rings is 1. The van der Waals surface area contributed by atoms with E-state index >= 15 is 0 Å². The maximum atomic E-state index is 12.6. The van der Waals surface area contributed by atoms with E-state index < -0.39 is 11.7 Å². The van der Waals surface area contributed by atoms with Crippen LogP contribution in [-0.2, 0) is 12.7 Å². The van der Waals surface area contributed by atoms with Crippen molar-refractivity contribution in [1.82, 2.24) is 9.80 Å². The number of rotatable bonds is 3. The monoisotopic (exact) mass is 382 g/mol. The van der Waals surface area contributed by atoms with Crippen LogP contribution in [0.15, 0.2) is 48.5 Å². The molecule has 0 aliphatic carbocycles. The molecule has 1 saturated heterocycles. The van der Waals surface area contributed by atoms with E-state index in [0.717, 1.165) is 22.7 Å². The van der Waals surface area contributed by atoms with E-state index in [-0.39, 0.29) is 11.5 Å². The number of hydrogen-bond acceptors (Lipinski definition) is 2. The third kappa shape index (κ3) is 4.37. The van der Waals surface area contributed by atoms with Crippen LogP contribution < -0.4 is 0 Å². The standard InChI is InChI=1S/C19H18ClF3N2O/c20-17-4-2-1-3-15(17)13-24-9-11-25(12-10-24)18(26)14-5-7-16(8-6-14)19(21,22)23/h1-8H,9-13H2. The maximum Gasteiger partial charge on any atom is 0.416 e. The van der Waals surface area contributed by atoms with Crippen molar-refractivity contribution in [2.24, 2.45) is 0 Å². The van der Waals surface area contributed by atoms with Crippen LogP contribution >= 0.6 is 11.6 Å². The molecule has 0 spiro atoms. The molecule has 0 saturated carbocycles. The van der Waals surface area contributed by atoms with Crippen molar-refractivity contribution in [1.29, 1.82) is 0 Å².